The number of aliphatic carboxylic acids is 1. The first-order valence-corrected chi connectivity index (χ1v) is 5.60. The van der Waals surface area contributed by atoms with Crippen molar-refractivity contribution in [3.8, 4) is 0 Å². The maximum absolute atomic E-state index is 11.1. The van der Waals surface area contributed by atoms with Gasteiger partial charge in [-0.1, -0.05) is 0 Å². The number of nitrogens with one attached hydrogen (secondary N) is 1. The van der Waals surface area contributed by atoms with Gasteiger partial charge in [-0.3, -0.25) is 9.78 Å². The number of pyridine rings is 1. The van der Waals surface area contributed by atoms with E-state index in [9.17, 15) is 4.79 Å². The van der Waals surface area contributed by atoms with Crippen LogP contribution in [0.15, 0.2) is 24.5 Å². The van der Waals surface area contributed by atoms with Crippen molar-refractivity contribution < 1.29 is 9.90 Å². The smallest absolute Gasteiger partial charge is 0.323 e. The second-order valence-corrected chi connectivity index (χ2v) is 4.27. The van der Waals surface area contributed by atoms with E-state index in [1.807, 2.05) is 12.1 Å². The molecule has 0 saturated heterocycles. The first kappa shape index (κ1) is 11.1. The molecule has 0 atom stereocenters. The maximum atomic E-state index is 11.1. The Morgan fingerprint density at radius 2 is 2.12 bits per heavy atom. The van der Waals surface area contributed by atoms with E-state index in [0.717, 1.165) is 25.7 Å². The van der Waals surface area contributed by atoms with Crippen LogP contribution in [-0.4, -0.2) is 28.1 Å². The molecule has 0 aliphatic heterocycles. The fraction of sp³-hybridized carbons (Fsp3) is 0.500. The summed E-state index contributed by atoms with van der Waals surface area (Å²) in [6, 6.07) is 3.91. The largest absolute Gasteiger partial charge is 0.480 e. The second kappa shape index (κ2) is 4.61. The van der Waals surface area contributed by atoms with Gasteiger partial charge in [0.25, 0.3) is 0 Å². The number of aromatic nitrogens is 1. The third kappa shape index (κ3) is 2.22. The van der Waals surface area contributed by atoms with Crippen molar-refractivity contribution in [1.82, 2.24) is 10.3 Å². The molecule has 0 radical (unpaired) electrons. The van der Waals surface area contributed by atoms with Crippen LogP contribution in [0.1, 0.15) is 24.8 Å². The summed E-state index contributed by atoms with van der Waals surface area (Å²) >= 11 is 0. The van der Waals surface area contributed by atoms with Crippen LogP contribution in [0.4, 0.5) is 0 Å². The van der Waals surface area contributed by atoms with Crippen LogP contribution in [0.25, 0.3) is 0 Å². The van der Waals surface area contributed by atoms with Crippen molar-refractivity contribution >= 4 is 5.97 Å². The lowest BCUT2D eigenvalue weighted by Gasteiger charge is -2.38. The quantitative estimate of drug-likeness (QED) is 0.783. The molecule has 2 rings (SSSR count). The highest BCUT2D eigenvalue weighted by Crippen LogP contribution is 2.31. The molecular formula is C12H16N2O2. The average molecular weight is 220 g/mol. The number of hydrogen-bond acceptors (Lipinski definition) is 3. The van der Waals surface area contributed by atoms with Gasteiger partial charge in [-0.15, -0.1) is 0 Å². The summed E-state index contributed by atoms with van der Waals surface area (Å²) < 4.78 is 0. The lowest BCUT2D eigenvalue weighted by Crippen LogP contribution is -2.57. The second-order valence-electron chi connectivity index (χ2n) is 4.27. The molecule has 1 aromatic rings. The van der Waals surface area contributed by atoms with Gasteiger partial charge < -0.3 is 10.4 Å². The first-order valence-electron chi connectivity index (χ1n) is 5.60. The van der Waals surface area contributed by atoms with E-state index >= 15 is 0 Å². The fourth-order valence-electron chi connectivity index (χ4n) is 1.99. The van der Waals surface area contributed by atoms with Crippen LogP contribution in [0.3, 0.4) is 0 Å². The fourth-order valence-corrected chi connectivity index (χ4v) is 1.99. The standard InChI is InChI=1S/C12H16N2O2/c15-11(16)12(5-1-6-12)14-9-4-10-2-7-13-8-3-10/h2-3,7-8,14H,1,4-6,9H2,(H,15,16). The predicted octanol–water partition coefficient (Wildman–Crippen LogP) is 1.22. The zero-order chi connectivity index (χ0) is 11.4. The van der Waals surface area contributed by atoms with Crippen LogP contribution in [0, 0.1) is 0 Å². The van der Waals surface area contributed by atoms with E-state index < -0.39 is 11.5 Å². The Morgan fingerprint density at radius 3 is 2.62 bits per heavy atom. The van der Waals surface area contributed by atoms with Gasteiger partial charge >= 0.3 is 5.97 Å². The van der Waals surface area contributed by atoms with Gasteiger partial charge in [-0.25, -0.2) is 0 Å². The molecule has 4 heteroatoms. The molecule has 0 aromatic carbocycles. The number of hydrogen-bond donors (Lipinski definition) is 2. The molecule has 1 aliphatic rings. The molecule has 86 valence electrons. The summed E-state index contributed by atoms with van der Waals surface area (Å²) in [5, 5.41) is 12.3. The van der Waals surface area contributed by atoms with Gasteiger partial charge in [0.2, 0.25) is 0 Å². The minimum atomic E-state index is -0.714. The molecule has 16 heavy (non-hydrogen) atoms. The maximum Gasteiger partial charge on any atom is 0.323 e. The molecular weight excluding hydrogens is 204 g/mol. The zero-order valence-electron chi connectivity index (χ0n) is 9.15. The predicted molar refractivity (Wildman–Crippen MR) is 60.2 cm³/mol. The Labute approximate surface area is 94.7 Å². The topological polar surface area (TPSA) is 62.2 Å². The van der Waals surface area contributed by atoms with Crippen LogP contribution in [0.5, 0.6) is 0 Å². The van der Waals surface area contributed by atoms with Crippen LogP contribution >= 0.6 is 0 Å². The Morgan fingerprint density at radius 1 is 1.44 bits per heavy atom. The monoisotopic (exact) mass is 220 g/mol. The van der Waals surface area contributed by atoms with E-state index in [4.69, 9.17) is 5.11 Å². The number of carbonyl (C=O) groups is 1. The van der Waals surface area contributed by atoms with E-state index in [1.165, 1.54) is 5.56 Å². The lowest BCUT2D eigenvalue weighted by atomic mass is 9.76. The summed E-state index contributed by atoms with van der Waals surface area (Å²) in [4.78, 5) is 15.0. The first-order chi connectivity index (χ1) is 7.73. The minimum Gasteiger partial charge on any atom is -0.480 e. The van der Waals surface area contributed by atoms with Crippen molar-refractivity contribution in [2.75, 3.05) is 6.54 Å². The third-order valence-corrected chi connectivity index (χ3v) is 3.24. The molecule has 1 saturated carbocycles. The summed E-state index contributed by atoms with van der Waals surface area (Å²) in [5.74, 6) is -0.714. The van der Waals surface area contributed by atoms with Crippen molar-refractivity contribution in [2.24, 2.45) is 0 Å². The van der Waals surface area contributed by atoms with Gasteiger partial charge in [0.05, 0.1) is 0 Å². The van der Waals surface area contributed by atoms with Crippen molar-refractivity contribution in [3.05, 3.63) is 30.1 Å². The van der Waals surface area contributed by atoms with Crippen molar-refractivity contribution in [3.63, 3.8) is 0 Å². The zero-order valence-corrected chi connectivity index (χ0v) is 9.15. The number of carboxylic acids is 1. The number of carboxylic acid groups (broad SMARTS) is 1. The van der Waals surface area contributed by atoms with E-state index in [2.05, 4.69) is 10.3 Å². The molecule has 0 unspecified atom stereocenters. The SMILES string of the molecule is O=C(O)C1(NCCc2ccncc2)CCC1. The van der Waals surface area contributed by atoms with E-state index in [0.29, 0.717) is 6.54 Å². The van der Waals surface area contributed by atoms with Crippen molar-refractivity contribution in [2.45, 2.75) is 31.2 Å². The van der Waals surface area contributed by atoms with E-state index in [-0.39, 0.29) is 0 Å². The molecule has 1 fully saturated rings. The Hall–Kier alpha value is -1.42. The summed E-state index contributed by atoms with van der Waals surface area (Å²) in [7, 11) is 0. The van der Waals surface area contributed by atoms with Gasteiger partial charge in [0.1, 0.15) is 5.54 Å². The Bertz CT molecular complexity index is 361. The minimum absolute atomic E-state index is 0.646. The molecule has 1 heterocycles. The number of nitrogens with zero attached hydrogens (tertiary/aromatic N) is 1. The average Bonchev–Trinajstić information content (AvgIpc) is 2.23. The highest BCUT2D eigenvalue weighted by atomic mass is 16.4. The van der Waals surface area contributed by atoms with E-state index in [1.54, 1.807) is 12.4 Å². The van der Waals surface area contributed by atoms with Gasteiger partial charge in [-0.05, 0) is 43.4 Å². The third-order valence-electron chi connectivity index (χ3n) is 3.24. The van der Waals surface area contributed by atoms with Gasteiger partial charge in [-0.2, -0.15) is 0 Å². The molecule has 1 aliphatic carbocycles. The van der Waals surface area contributed by atoms with Crippen molar-refractivity contribution in [1.29, 1.82) is 0 Å². The van der Waals surface area contributed by atoms with Gasteiger partial charge in [0, 0.05) is 18.9 Å². The van der Waals surface area contributed by atoms with Crippen LogP contribution in [0.2, 0.25) is 0 Å². The lowest BCUT2D eigenvalue weighted by molar-refractivity contribution is -0.148. The van der Waals surface area contributed by atoms with Gasteiger partial charge in [0.15, 0.2) is 0 Å². The summed E-state index contributed by atoms with van der Waals surface area (Å²) in [6.45, 7) is 0.705. The molecule has 0 amide bonds. The molecule has 2 N–H and O–H groups in total. The molecule has 0 bridgehead atoms. The molecule has 1 aromatic heterocycles. The van der Waals surface area contributed by atoms with Crippen LogP contribution < -0.4 is 5.32 Å². The van der Waals surface area contributed by atoms with Crippen LogP contribution in [-0.2, 0) is 11.2 Å². The highest BCUT2D eigenvalue weighted by molar-refractivity contribution is 5.79. The highest BCUT2D eigenvalue weighted by Gasteiger charge is 2.43. The summed E-state index contributed by atoms with van der Waals surface area (Å²) in [5.41, 5.74) is 0.537. The Balaban J connectivity index is 1.82. The summed E-state index contributed by atoms with van der Waals surface area (Å²) in [6.07, 6.45) is 6.86. The number of rotatable bonds is 5. The molecule has 0 spiro atoms. The normalized spacial score (nSPS) is 17.8. The molecule has 4 nitrogen and oxygen atoms in total. The Kier molecular flexibility index (Phi) is 3.19.